The Hall–Kier alpha value is -1.73. The Kier molecular flexibility index (Phi) is 4.66. The van der Waals surface area contributed by atoms with Gasteiger partial charge >= 0.3 is 0 Å². The molecule has 1 heterocycles. The molecule has 0 aromatic heterocycles. The first-order valence-corrected chi connectivity index (χ1v) is 11.6. The number of benzene rings is 1. The predicted octanol–water partition coefficient (Wildman–Crippen LogP) is 3.40. The Morgan fingerprint density at radius 1 is 1.14 bits per heavy atom. The molecular formula is C21H29N3O3S. The highest BCUT2D eigenvalue weighted by Crippen LogP contribution is 2.63. The van der Waals surface area contributed by atoms with E-state index in [2.05, 4.69) is 31.3 Å². The Labute approximate surface area is 167 Å². The molecule has 2 saturated carbocycles. The van der Waals surface area contributed by atoms with E-state index in [9.17, 15) is 13.2 Å². The van der Waals surface area contributed by atoms with Crippen LogP contribution in [-0.2, 0) is 10.0 Å². The van der Waals surface area contributed by atoms with E-state index >= 15 is 0 Å². The maximum Gasteiger partial charge on any atom is 0.271 e. The van der Waals surface area contributed by atoms with Crippen LogP contribution in [0.25, 0.3) is 0 Å². The molecule has 0 spiro atoms. The fourth-order valence-electron chi connectivity index (χ4n) is 5.14. The van der Waals surface area contributed by atoms with Gasteiger partial charge in [-0.2, -0.15) is 9.41 Å². The third-order valence-corrected chi connectivity index (χ3v) is 9.54. The summed E-state index contributed by atoms with van der Waals surface area (Å²) in [6, 6.07) is 6.14. The maximum absolute atomic E-state index is 12.6. The van der Waals surface area contributed by atoms with Crippen LogP contribution in [0.4, 0.5) is 0 Å². The van der Waals surface area contributed by atoms with Crippen molar-refractivity contribution in [3.05, 3.63) is 29.8 Å². The standard InChI is InChI=1S/C21H29N3O3S/c1-20(2)16-10-11-21(20,3)18(14-16)22-23-19(25)15-6-8-17(9-7-15)28(26,27)24-12-4-5-13-24/h6-9,16H,4-5,10-14H2,1-3H3,(H,23,25)/b22-18+/t16-,21+/m0/s1. The quantitative estimate of drug-likeness (QED) is 0.783. The molecule has 0 radical (unpaired) electrons. The number of hydrazone groups is 1. The SMILES string of the molecule is CC1(C)[C@H]2CC[C@]1(C)/C(=N/NC(=O)c1ccc(S(=O)(=O)N3CCCC3)cc1)C2. The molecule has 0 unspecified atom stereocenters. The Balaban J connectivity index is 1.46. The second-order valence-electron chi connectivity index (χ2n) is 9.13. The molecule has 1 aliphatic heterocycles. The molecule has 4 rings (SSSR count). The van der Waals surface area contributed by atoms with E-state index in [1.807, 2.05) is 0 Å². The summed E-state index contributed by atoms with van der Waals surface area (Å²) in [5, 5.41) is 4.47. The summed E-state index contributed by atoms with van der Waals surface area (Å²) in [7, 11) is -3.46. The first-order valence-electron chi connectivity index (χ1n) is 10.1. The number of sulfonamides is 1. The van der Waals surface area contributed by atoms with Crippen molar-refractivity contribution in [3.8, 4) is 0 Å². The molecule has 3 fully saturated rings. The first kappa shape index (κ1) is 19.6. The molecule has 1 N–H and O–H groups in total. The number of rotatable bonds is 4. The number of amides is 1. The van der Waals surface area contributed by atoms with Gasteiger partial charge in [0.05, 0.1) is 4.90 Å². The number of nitrogens with zero attached hydrogens (tertiary/aromatic N) is 2. The van der Waals surface area contributed by atoms with Crippen LogP contribution >= 0.6 is 0 Å². The van der Waals surface area contributed by atoms with Gasteiger partial charge in [-0.25, -0.2) is 13.8 Å². The summed E-state index contributed by atoms with van der Waals surface area (Å²) in [4.78, 5) is 12.7. The van der Waals surface area contributed by atoms with Gasteiger partial charge in [0.15, 0.2) is 0 Å². The highest BCUT2D eigenvalue weighted by atomic mass is 32.2. The van der Waals surface area contributed by atoms with E-state index < -0.39 is 10.0 Å². The van der Waals surface area contributed by atoms with Crippen LogP contribution in [0.2, 0.25) is 0 Å². The number of hydrogen-bond acceptors (Lipinski definition) is 4. The predicted molar refractivity (Wildman–Crippen MR) is 109 cm³/mol. The summed E-state index contributed by atoms with van der Waals surface area (Å²) in [5.74, 6) is 0.324. The summed E-state index contributed by atoms with van der Waals surface area (Å²) in [6.45, 7) is 7.99. The van der Waals surface area contributed by atoms with Crippen LogP contribution in [0.15, 0.2) is 34.3 Å². The highest BCUT2D eigenvalue weighted by Gasteiger charge is 2.60. The van der Waals surface area contributed by atoms with Crippen LogP contribution in [-0.4, -0.2) is 37.4 Å². The van der Waals surface area contributed by atoms with Crippen LogP contribution in [0, 0.1) is 16.7 Å². The molecule has 1 amide bonds. The van der Waals surface area contributed by atoms with Crippen LogP contribution in [0.1, 0.15) is 63.2 Å². The third kappa shape index (κ3) is 2.90. The molecule has 28 heavy (non-hydrogen) atoms. The molecule has 6 nitrogen and oxygen atoms in total. The molecule has 3 aliphatic rings. The average Bonchev–Trinajstić information content (AvgIpc) is 3.33. The van der Waals surface area contributed by atoms with E-state index in [0.717, 1.165) is 31.4 Å². The van der Waals surface area contributed by atoms with Gasteiger partial charge in [-0.15, -0.1) is 0 Å². The van der Waals surface area contributed by atoms with Gasteiger partial charge in [0.25, 0.3) is 5.91 Å². The molecule has 7 heteroatoms. The zero-order valence-electron chi connectivity index (χ0n) is 16.9. The van der Waals surface area contributed by atoms with Crippen molar-refractivity contribution in [3.63, 3.8) is 0 Å². The van der Waals surface area contributed by atoms with Crippen molar-refractivity contribution in [2.75, 3.05) is 13.1 Å². The van der Waals surface area contributed by atoms with Gasteiger partial charge in [0, 0.05) is 29.8 Å². The summed E-state index contributed by atoms with van der Waals surface area (Å²) < 4.78 is 26.7. The molecule has 2 aliphatic carbocycles. The summed E-state index contributed by atoms with van der Waals surface area (Å²) >= 11 is 0. The smallest absolute Gasteiger partial charge is 0.267 e. The monoisotopic (exact) mass is 403 g/mol. The molecule has 2 bridgehead atoms. The average molecular weight is 404 g/mol. The van der Waals surface area contributed by atoms with Gasteiger partial charge in [-0.1, -0.05) is 20.8 Å². The largest absolute Gasteiger partial charge is 0.271 e. The lowest BCUT2D eigenvalue weighted by Gasteiger charge is -2.34. The minimum atomic E-state index is -3.46. The minimum absolute atomic E-state index is 0.0403. The normalized spacial score (nSPS) is 30.8. The van der Waals surface area contributed by atoms with Crippen molar-refractivity contribution in [2.45, 2.75) is 57.8 Å². The van der Waals surface area contributed by atoms with E-state index in [-0.39, 0.29) is 21.6 Å². The Morgan fingerprint density at radius 3 is 2.32 bits per heavy atom. The Bertz CT molecular complexity index is 915. The molecule has 152 valence electrons. The van der Waals surface area contributed by atoms with Gasteiger partial charge in [-0.3, -0.25) is 4.79 Å². The van der Waals surface area contributed by atoms with E-state index in [1.54, 1.807) is 12.1 Å². The van der Waals surface area contributed by atoms with E-state index in [1.165, 1.54) is 22.9 Å². The van der Waals surface area contributed by atoms with Crippen molar-refractivity contribution in [1.29, 1.82) is 0 Å². The number of fused-ring (bicyclic) bond motifs is 2. The summed E-state index contributed by atoms with van der Waals surface area (Å²) in [6.07, 6.45) is 5.08. The van der Waals surface area contributed by atoms with Crippen molar-refractivity contribution in [2.24, 2.45) is 21.8 Å². The van der Waals surface area contributed by atoms with Gasteiger partial charge in [0.1, 0.15) is 0 Å². The fourth-order valence-corrected chi connectivity index (χ4v) is 6.65. The van der Waals surface area contributed by atoms with Gasteiger partial charge < -0.3 is 0 Å². The fraction of sp³-hybridized carbons (Fsp3) is 0.619. The number of carbonyl (C=O) groups is 1. The minimum Gasteiger partial charge on any atom is -0.267 e. The lowest BCUT2D eigenvalue weighted by molar-refractivity contribution is 0.0953. The summed E-state index contributed by atoms with van der Waals surface area (Å²) in [5.41, 5.74) is 4.44. The number of nitrogens with one attached hydrogen (secondary N) is 1. The topological polar surface area (TPSA) is 78.8 Å². The number of carbonyl (C=O) groups excluding carboxylic acids is 1. The van der Waals surface area contributed by atoms with Crippen LogP contribution in [0.5, 0.6) is 0 Å². The molecule has 2 atom stereocenters. The van der Waals surface area contributed by atoms with Gasteiger partial charge in [-0.05, 0) is 67.7 Å². The lowest BCUT2D eigenvalue weighted by Crippen LogP contribution is -2.34. The molecule has 1 aromatic carbocycles. The van der Waals surface area contributed by atoms with E-state index in [4.69, 9.17) is 0 Å². The molecular weight excluding hydrogens is 374 g/mol. The van der Waals surface area contributed by atoms with Gasteiger partial charge in [0.2, 0.25) is 10.0 Å². The highest BCUT2D eigenvalue weighted by molar-refractivity contribution is 7.89. The number of hydrogen-bond donors (Lipinski definition) is 1. The second-order valence-corrected chi connectivity index (χ2v) is 11.1. The zero-order valence-corrected chi connectivity index (χ0v) is 17.7. The maximum atomic E-state index is 12.6. The Morgan fingerprint density at radius 2 is 1.79 bits per heavy atom. The van der Waals surface area contributed by atoms with E-state index in [0.29, 0.717) is 24.6 Å². The molecule has 1 saturated heterocycles. The van der Waals surface area contributed by atoms with Crippen molar-refractivity contribution in [1.82, 2.24) is 9.73 Å². The molecule has 1 aromatic rings. The van der Waals surface area contributed by atoms with Crippen LogP contribution < -0.4 is 5.43 Å². The third-order valence-electron chi connectivity index (χ3n) is 7.62. The van der Waals surface area contributed by atoms with Crippen LogP contribution in [0.3, 0.4) is 0 Å². The van der Waals surface area contributed by atoms with Crippen molar-refractivity contribution < 1.29 is 13.2 Å². The second kappa shape index (κ2) is 6.66. The first-order chi connectivity index (χ1) is 13.2. The van der Waals surface area contributed by atoms with Crippen molar-refractivity contribution >= 4 is 21.6 Å². The zero-order chi connectivity index (χ0) is 20.2. The lowest BCUT2D eigenvalue weighted by atomic mass is 9.70.